The fourth-order valence-electron chi connectivity index (χ4n) is 5.89. The number of benzene rings is 2. The normalized spacial score (nSPS) is 18.0. The number of tetrazole rings is 1. The van der Waals surface area contributed by atoms with Crippen LogP contribution in [0.15, 0.2) is 53.3 Å². The number of H-pyrrole nitrogens is 1. The Hall–Kier alpha value is -3.72. The summed E-state index contributed by atoms with van der Waals surface area (Å²) < 4.78 is 1.98. The highest BCUT2D eigenvalue weighted by atomic mass is 16.3. The number of fused-ring (bicyclic) bond motifs is 1. The van der Waals surface area contributed by atoms with Crippen LogP contribution in [0.3, 0.4) is 0 Å². The lowest BCUT2D eigenvalue weighted by atomic mass is 10.0. The Morgan fingerprint density at radius 2 is 1.78 bits per heavy atom. The summed E-state index contributed by atoms with van der Waals surface area (Å²) in [6, 6.07) is 15.5. The molecule has 2 aromatic carbocycles. The van der Waals surface area contributed by atoms with Crippen LogP contribution in [-0.2, 0) is 6.42 Å². The third-order valence-corrected chi connectivity index (χ3v) is 7.97. The van der Waals surface area contributed by atoms with Crippen molar-refractivity contribution in [1.29, 1.82) is 0 Å². The van der Waals surface area contributed by atoms with E-state index in [1.807, 2.05) is 28.9 Å². The number of nitrogens with zero attached hydrogens (tertiary/aromatic N) is 6. The summed E-state index contributed by atoms with van der Waals surface area (Å²) >= 11 is 0. The third-order valence-electron chi connectivity index (χ3n) is 7.97. The van der Waals surface area contributed by atoms with Gasteiger partial charge in [-0.1, -0.05) is 25.8 Å². The average molecular weight is 500 g/mol. The second-order valence-corrected chi connectivity index (χ2v) is 10.2. The number of aromatic nitrogens is 5. The third kappa shape index (κ3) is 4.59. The smallest absolute Gasteiger partial charge is 0.253 e. The van der Waals surface area contributed by atoms with Gasteiger partial charge in [0.15, 0.2) is 5.82 Å². The van der Waals surface area contributed by atoms with Gasteiger partial charge in [0.1, 0.15) is 11.8 Å². The molecule has 192 valence electrons. The monoisotopic (exact) mass is 499 g/mol. The van der Waals surface area contributed by atoms with Gasteiger partial charge in [-0.2, -0.15) is 0 Å². The van der Waals surface area contributed by atoms with Crippen molar-refractivity contribution in [2.75, 3.05) is 31.1 Å². The van der Waals surface area contributed by atoms with Crippen LogP contribution in [0.1, 0.15) is 61.6 Å². The van der Waals surface area contributed by atoms with Crippen LogP contribution >= 0.6 is 0 Å². The fourth-order valence-corrected chi connectivity index (χ4v) is 5.89. The van der Waals surface area contributed by atoms with E-state index in [1.54, 1.807) is 12.1 Å². The average Bonchev–Trinajstić information content (AvgIpc) is 3.62. The highest BCUT2D eigenvalue weighted by Gasteiger charge is 2.34. The molecule has 0 bridgehead atoms. The molecule has 1 aliphatic heterocycles. The first-order valence-electron chi connectivity index (χ1n) is 13.3. The van der Waals surface area contributed by atoms with Crippen LogP contribution in [0, 0.1) is 0 Å². The van der Waals surface area contributed by atoms with Crippen molar-refractivity contribution >= 4 is 16.6 Å². The van der Waals surface area contributed by atoms with Crippen LogP contribution in [0.5, 0.6) is 5.75 Å². The van der Waals surface area contributed by atoms with E-state index >= 15 is 0 Å². The molecule has 9 heteroatoms. The summed E-state index contributed by atoms with van der Waals surface area (Å²) in [7, 11) is 0. The maximum Gasteiger partial charge on any atom is 0.253 e. The van der Waals surface area contributed by atoms with Crippen molar-refractivity contribution in [1.82, 2.24) is 30.1 Å². The number of aromatic hydroxyl groups is 1. The zero-order valence-corrected chi connectivity index (χ0v) is 21.2. The SMILES string of the molecule is CCc1ccc2[nH]c(=O)c([C@@H](c3nnnn3C3CCCC3)N3CCN(c4ccc(O)cc4)CC3)cc2c1. The van der Waals surface area contributed by atoms with Gasteiger partial charge in [-0.05, 0) is 83.1 Å². The molecule has 0 unspecified atom stereocenters. The fraction of sp³-hybridized carbons (Fsp3) is 0.429. The lowest BCUT2D eigenvalue weighted by Gasteiger charge is -2.39. The molecule has 1 saturated carbocycles. The summed E-state index contributed by atoms with van der Waals surface area (Å²) in [5, 5.41) is 23.7. The minimum Gasteiger partial charge on any atom is -0.508 e. The van der Waals surface area contributed by atoms with Gasteiger partial charge in [0.2, 0.25) is 0 Å². The van der Waals surface area contributed by atoms with Crippen LogP contribution < -0.4 is 10.5 Å². The molecule has 1 atom stereocenters. The summed E-state index contributed by atoms with van der Waals surface area (Å²) in [5.41, 5.74) is 3.76. The van der Waals surface area contributed by atoms with Gasteiger partial charge in [0.25, 0.3) is 5.56 Å². The molecule has 2 fully saturated rings. The van der Waals surface area contributed by atoms with E-state index in [9.17, 15) is 9.90 Å². The number of rotatable bonds is 6. The Morgan fingerprint density at radius 1 is 1.03 bits per heavy atom. The van der Waals surface area contributed by atoms with E-state index in [0.717, 1.165) is 67.9 Å². The topological polar surface area (TPSA) is 103 Å². The number of hydrogen-bond acceptors (Lipinski definition) is 7. The molecule has 2 N–H and O–H groups in total. The number of pyridine rings is 1. The van der Waals surface area contributed by atoms with Gasteiger partial charge in [0, 0.05) is 42.9 Å². The molecule has 0 amide bonds. The van der Waals surface area contributed by atoms with E-state index in [4.69, 9.17) is 0 Å². The number of anilines is 1. The highest BCUT2D eigenvalue weighted by Crippen LogP contribution is 2.34. The second kappa shape index (κ2) is 9.97. The Balaban J connectivity index is 1.39. The molecular formula is C28H33N7O2. The Labute approximate surface area is 215 Å². The van der Waals surface area contributed by atoms with Crippen LogP contribution in [0.25, 0.3) is 10.9 Å². The van der Waals surface area contributed by atoms with Crippen LogP contribution in [0.4, 0.5) is 5.69 Å². The number of hydrogen-bond donors (Lipinski definition) is 2. The molecular weight excluding hydrogens is 466 g/mol. The maximum absolute atomic E-state index is 13.5. The van der Waals surface area contributed by atoms with Gasteiger partial charge < -0.3 is 15.0 Å². The van der Waals surface area contributed by atoms with Crippen LogP contribution in [-0.4, -0.2) is 61.4 Å². The molecule has 2 aliphatic rings. The van der Waals surface area contributed by atoms with E-state index in [2.05, 4.69) is 49.4 Å². The maximum atomic E-state index is 13.5. The lowest BCUT2D eigenvalue weighted by Crippen LogP contribution is -2.49. The lowest BCUT2D eigenvalue weighted by molar-refractivity contribution is 0.197. The molecule has 6 rings (SSSR count). The minimum absolute atomic E-state index is 0.0938. The van der Waals surface area contributed by atoms with Gasteiger partial charge in [-0.3, -0.25) is 9.69 Å². The number of phenols is 1. The van der Waals surface area contributed by atoms with Gasteiger partial charge in [-0.15, -0.1) is 5.10 Å². The summed E-state index contributed by atoms with van der Waals surface area (Å²) in [6.45, 7) is 5.26. The number of phenolic OH excluding ortho intramolecular Hbond substituents is 1. The Morgan fingerprint density at radius 3 is 2.51 bits per heavy atom. The van der Waals surface area contributed by atoms with Crippen molar-refractivity contribution in [3.63, 3.8) is 0 Å². The summed E-state index contributed by atoms with van der Waals surface area (Å²) in [5.74, 6) is 1.02. The molecule has 1 aliphatic carbocycles. The van der Waals surface area contributed by atoms with Crippen molar-refractivity contribution in [3.05, 3.63) is 75.8 Å². The molecule has 0 radical (unpaired) electrons. The van der Waals surface area contributed by atoms with Crippen molar-refractivity contribution in [2.45, 2.75) is 51.1 Å². The Kier molecular flexibility index (Phi) is 6.38. The van der Waals surface area contributed by atoms with Crippen LogP contribution in [0.2, 0.25) is 0 Å². The van der Waals surface area contributed by atoms with Crippen molar-refractivity contribution in [3.8, 4) is 5.75 Å². The molecule has 3 heterocycles. The highest BCUT2D eigenvalue weighted by molar-refractivity contribution is 5.80. The molecule has 1 saturated heterocycles. The predicted molar refractivity (Wildman–Crippen MR) is 143 cm³/mol. The first kappa shape index (κ1) is 23.7. The second-order valence-electron chi connectivity index (χ2n) is 10.2. The number of nitrogens with one attached hydrogen (secondary N) is 1. The molecule has 4 aromatic rings. The summed E-state index contributed by atoms with van der Waals surface area (Å²) in [6.07, 6.45) is 5.42. The Bertz CT molecular complexity index is 1430. The van der Waals surface area contributed by atoms with E-state index in [1.165, 1.54) is 18.4 Å². The van der Waals surface area contributed by atoms with E-state index in [-0.39, 0.29) is 23.4 Å². The van der Waals surface area contributed by atoms with Crippen molar-refractivity contribution < 1.29 is 5.11 Å². The van der Waals surface area contributed by atoms with Crippen molar-refractivity contribution in [2.24, 2.45) is 0 Å². The molecule has 37 heavy (non-hydrogen) atoms. The molecule has 2 aromatic heterocycles. The standard InChI is InChI=1S/C28H33N7O2/c1-2-19-7-12-25-20(17-19)18-24(28(37)29-25)26(27-30-31-32-35(27)22-5-3-4-6-22)34-15-13-33(14-16-34)21-8-10-23(36)11-9-21/h7-12,17-18,22,26,36H,2-6,13-16H2,1H3,(H,29,37)/t26-/m0/s1. The number of aryl methyl sites for hydroxylation is 1. The van der Waals surface area contributed by atoms with Gasteiger partial charge in [0.05, 0.1) is 6.04 Å². The van der Waals surface area contributed by atoms with Gasteiger partial charge >= 0.3 is 0 Å². The first-order chi connectivity index (χ1) is 18.1. The number of aromatic amines is 1. The number of piperazine rings is 1. The summed E-state index contributed by atoms with van der Waals surface area (Å²) in [4.78, 5) is 21.3. The first-order valence-corrected chi connectivity index (χ1v) is 13.3. The predicted octanol–water partition coefficient (Wildman–Crippen LogP) is 3.81. The van der Waals surface area contributed by atoms with Gasteiger partial charge in [-0.25, -0.2) is 4.68 Å². The van der Waals surface area contributed by atoms with E-state index < -0.39 is 0 Å². The molecule has 9 nitrogen and oxygen atoms in total. The zero-order chi connectivity index (χ0) is 25.4. The van der Waals surface area contributed by atoms with E-state index in [0.29, 0.717) is 5.56 Å². The minimum atomic E-state index is -0.337. The molecule has 0 spiro atoms. The quantitative estimate of drug-likeness (QED) is 0.416. The largest absolute Gasteiger partial charge is 0.508 e. The zero-order valence-electron chi connectivity index (χ0n) is 21.2.